The predicted molar refractivity (Wildman–Crippen MR) is 99.4 cm³/mol. The summed E-state index contributed by atoms with van der Waals surface area (Å²) in [7, 11) is 0. The highest BCUT2D eigenvalue weighted by Crippen LogP contribution is 2.28. The minimum Gasteiger partial charge on any atom is -0.380 e. The van der Waals surface area contributed by atoms with Crippen LogP contribution < -0.4 is 5.32 Å². The molecule has 4 nitrogen and oxygen atoms in total. The van der Waals surface area contributed by atoms with Gasteiger partial charge in [0.15, 0.2) is 23.3 Å². The van der Waals surface area contributed by atoms with Crippen molar-refractivity contribution >= 4 is 5.69 Å². The van der Waals surface area contributed by atoms with E-state index in [1.54, 1.807) is 0 Å². The van der Waals surface area contributed by atoms with E-state index in [0.29, 0.717) is 12.8 Å². The first-order valence-electron chi connectivity index (χ1n) is 10.0. The maximum Gasteiger partial charge on any atom is 0.278 e. The van der Waals surface area contributed by atoms with E-state index in [9.17, 15) is 37.3 Å². The van der Waals surface area contributed by atoms with Crippen LogP contribution in [0.15, 0.2) is 0 Å². The van der Waals surface area contributed by atoms with E-state index in [4.69, 9.17) is 0 Å². The highest BCUT2D eigenvalue weighted by molar-refractivity contribution is 5.47. The molecule has 0 saturated carbocycles. The average molecular weight is 427 g/mol. The van der Waals surface area contributed by atoms with Crippen molar-refractivity contribution in [2.75, 3.05) is 11.9 Å². The van der Waals surface area contributed by atoms with Crippen LogP contribution in [0.2, 0.25) is 0 Å². The SMILES string of the molecule is CCCCCCCCC(CCCCNc1c(F)c(F)c(F)c(F)c1F)C(O)(O)O. The van der Waals surface area contributed by atoms with Crippen LogP contribution in [0, 0.1) is 35.0 Å². The van der Waals surface area contributed by atoms with Gasteiger partial charge in [-0.1, -0.05) is 51.9 Å². The number of nitrogens with one attached hydrogen (secondary N) is 1. The van der Waals surface area contributed by atoms with Crippen LogP contribution in [0.25, 0.3) is 0 Å². The molecule has 0 radical (unpaired) electrons. The molecule has 1 unspecified atom stereocenters. The molecule has 9 heteroatoms. The molecule has 0 saturated heterocycles. The minimum absolute atomic E-state index is 0.0859. The smallest absolute Gasteiger partial charge is 0.278 e. The van der Waals surface area contributed by atoms with E-state index in [0.717, 1.165) is 38.5 Å². The van der Waals surface area contributed by atoms with Gasteiger partial charge in [0.1, 0.15) is 5.69 Å². The maximum atomic E-state index is 13.6. The van der Waals surface area contributed by atoms with Gasteiger partial charge in [-0.3, -0.25) is 0 Å². The summed E-state index contributed by atoms with van der Waals surface area (Å²) in [6.07, 6.45) is 7.29. The van der Waals surface area contributed by atoms with Crippen molar-refractivity contribution in [3.63, 3.8) is 0 Å². The molecule has 1 aromatic carbocycles. The maximum absolute atomic E-state index is 13.6. The highest BCUT2D eigenvalue weighted by Gasteiger charge is 2.31. The largest absolute Gasteiger partial charge is 0.380 e. The number of rotatable bonds is 14. The number of halogens is 5. The predicted octanol–water partition coefficient (Wildman–Crippen LogP) is 4.96. The number of aliphatic hydroxyl groups is 3. The van der Waals surface area contributed by atoms with E-state index in [1.807, 2.05) is 0 Å². The van der Waals surface area contributed by atoms with Crippen LogP contribution >= 0.6 is 0 Å². The van der Waals surface area contributed by atoms with Crippen molar-refractivity contribution in [2.24, 2.45) is 5.92 Å². The van der Waals surface area contributed by atoms with Crippen LogP contribution in [-0.2, 0) is 0 Å². The number of hydrogen-bond donors (Lipinski definition) is 4. The lowest BCUT2D eigenvalue weighted by molar-refractivity contribution is -0.344. The molecule has 0 aliphatic carbocycles. The first kappa shape index (κ1) is 25.6. The van der Waals surface area contributed by atoms with Gasteiger partial charge >= 0.3 is 0 Å². The standard InChI is InChI=1S/C20H30F5NO3/c1-2-3-4-5-6-7-10-13(20(27,28)29)11-8-9-12-26-19-17(24)15(22)14(21)16(23)18(19)25/h13,26-29H,2-12H2,1H3. The van der Waals surface area contributed by atoms with Gasteiger partial charge in [0.05, 0.1) is 0 Å². The molecule has 0 aliphatic heterocycles. The van der Waals surface area contributed by atoms with Crippen molar-refractivity contribution in [3.8, 4) is 0 Å². The Morgan fingerprint density at radius 1 is 0.690 bits per heavy atom. The third-order valence-corrected chi connectivity index (χ3v) is 4.94. The number of unbranched alkanes of at least 4 members (excludes halogenated alkanes) is 6. The van der Waals surface area contributed by atoms with Gasteiger partial charge in [-0.15, -0.1) is 0 Å². The van der Waals surface area contributed by atoms with Crippen LogP contribution in [-0.4, -0.2) is 27.8 Å². The Morgan fingerprint density at radius 3 is 1.66 bits per heavy atom. The molecule has 0 aliphatic rings. The molecule has 168 valence electrons. The molecule has 0 amide bonds. The van der Waals surface area contributed by atoms with Gasteiger partial charge in [-0.2, -0.15) is 0 Å². The molecule has 0 bridgehead atoms. The molecular formula is C20H30F5NO3. The molecule has 0 heterocycles. The third kappa shape index (κ3) is 8.06. The lowest BCUT2D eigenvalue weighted by Crippen LogP contribution is -2.37. The lowest BCUT2D eigenvalue weighted by atomic mass is 9.92. The van der Waals surface area contributed by atoms with Crippen molar-refractivity contribution in [1.82, 2.24) is 0 Å². The number of anilines is 1. The van der Waals surface area contributed by atoms with E-state index in [2.05, 4.69) is 12.2 Å². The minimum atomic E-state index is -2.82. The first-order valence-corrected chi connectivity index (χ1v) is 10.0. The van der Waals surface area contributed by atoms with Crippen LogP contribution in [0.5, 0.6) is 0 Å². The Kier molecular flexibility index (Phi) is 10.8. The van der Waals surface area contributed by atoms with Crippen LogP contribution in [0.3, 0.4) is 0 Å². The summed E-state index contributed by atoms with van der Waals surface area (Å²) in [4.78, 5) is 0. The summed E-state index contributed by atoms with van der Waals surface area (Å²) in [5.41, 5.74) is -1.09. The second kappa shape index (κ2) is 12.3. The summed E-state index contributed by atoms with van der Waals surface area (Å²) >= 11 is 0. The van der Waals surface area contributed by atoms with Crippen molar-refractivity contribution in [3.05, 3.63) is 29.1 Å². The molecule has 0 spiro atoms. The second-order valence-electron chi connectivity index (χ2n) is 7.31. The summed E-state index contributed by atoms with van der Waals surface area (Å²) in [6.45, 7) is 2.02. The Hall–Kier alpha value is -1.45. The fourth-order valence-electron chi connectivity index (χ4n) is 3.19. The molecule has 1 aromatic rings. The van der Waals surface area contributed by atoms with Gasteiger partial charge in [-0.05, 0) is 19.3 Å². The zero-order chi connectivity index (χ0) is 22.0. The topological polar surface area (TPSA) is 72.7 Å². The summed E-state index contributed by atoms with van der Waals surface area (Å²) < 4.78 is 66.4. The Balaban J connectivity index is 2.44. The average Bonchev–Trinajstić information content (AvgIpc) is 2.67. The quantitative estimate of drug-likeness (QED) is 0.111. The summed E-state index contributed by atoms with van der Waals surface area (Å²) in [5, 5.41) is 30.7. The second-order valence-corrected chi connectivity index (χ2v) is 7.31. The van der Waals surface area contributed by atoms with E-state index >= 15 is 0 Å². The van der Waals surface area contributed by atoms with Gasteiger partial charge in [0.2, 0.25) is 5.82 Å². The Labute approximate surface area is 167 Å². The van der Waals surface area contributed by atoms with Gasteiger partial charge in [0, 0.05) is 12.5 Å². The summed E-state index contributed by atoms with van der Waals surface area (Å²) in [6, 6.07) is 0. The molecular weight excluding hydrogens is 397 g/mol. The van der Waals surface area contributed by atoms with Crippen LogP contribution in [0.4, 0.5) is 27.6 Å². The third-order valence-electron chi connectivity index (χ3n) is 4.94. The zero-order valence-electron chi connectivity index (χ0n) is 16.6. The molecule has 0 aromatic heterocycles. The summed E-state index contributed by atoms with van der Waals surface area (Å²) in [5.74, 6) is -13.7. The molecule has 4 N–H and O–H groups in total. The molecule has 0 fully saturated rings. The fourth-order valence-corrected chi connectivity index (χ4v) is 3.19. The lowest BCUT2D eigenvalue weighted by Gasteiger charge is -2.26. The first-order chi connectivity index (χ1) is 13.6. The molecule has 1 rings (SSSR count). The van der Waals surface area contributed by atoms with Crippen molar-refractivity contribution < 1.29 is 37.3 Å². The Bertz CT molecular complexity index is 609. The van der Waals surface area contributed by atoms with E-state index in [-0.39, 0.29) is 19.4 Å². The number of benzene rings is 1. The normalized spacial score (nSPS) is 13.0. The van der Waals surface area contributed by atoms with Crippen molar-refractivity contribution in [1.29, 1.82) is 0 Å². The van der Waals surface area contributed by atoms with Crippen molar-refractivity contribution in [2.45, 2.75) is 77.1 Å². The van der Waals surface area contributed by atoms with E-state index in [1.165, 1.54) is 0 Å². The van der Waals surface area contributed by atoms with Gasteiger partial charge < -0.3 is 20.6 Å². The molecule has 1 atom stereocenters. The fraction of sp³-hybridized carbons (Fsp3) is 0.700. The molecule has 29 heavy (non-hydrogen) atoms. The van der Waals surface area contributed by atoms with Crippen LogP contribution in [0.1, 0.15) is 71.1 Å². The monoisotopic (exact) mass is 427 g/mol. The van der Waals surface area contributed by atoms with Gasteiger partial charge in [-0.25, -0.2) is 22.0 Å². The number of hydrogen-bond acceptors (Lipinski definition) is 4. The zero-order valence-corrected chi connectivity index (χ0v) is 16.6. The van der Waals surface area contributed by atoms with E-state index < -0.39 is 46.7 Å². The Morgan fingerprint density at radius 2 is 1.14 bits per heavy atom. The highest BCUT2D eigenvalue weighted by atomic mass is 19.2. The van der Waals surface area contributed by atoms with Gasteiger partial charge in [0.25, 0.3) is 5.97 Å².